The third kappa shape index (κ3) is 4.38. The molecule has 0 atom stereocenters. The molecule has 27 heavy (non-hydrogen) atoms. The molecule has 142 valence electrons. The van der Waals surface area contributed by atoms with E-state index in [1.807, 2.05) is 41.4 Å². The largest absolute Gasteiger partial charge is 0.493 e. The summed E-state index contributed by atoms with van der Waals surface area (Å²) in [4.78, 5) is 23.9. The van der Waals surface area contributed by atoms with Crippen molar-refractivity contribution in [2.45, 2.75) is 20.4 Å². The number of ether oxygens (including phenoxy) is 1. The molecule has 1 heterocycles. The summed E-state index contributed by atoms with van der Waals surface area (Å²) in [6.45, 7) is 5.05. The second kappa shape index (κ2) is 8.09. The van der Waals surface area contributed by atoms with Gasteiger partial charge in [-0.05, 0) is 24.1 Å². The van der Waals surface area contributed by atoms with Gasteiger partial charge in [-0.1, -0.05) is 44.2 Å². The number of anilines is 1. The van der Waals surface area contributed by atoms with Gasteiger partial charge in [0.05, 0.1) is 24.4 Å². The van der Waals surface area contributed by atoms with Gasteiger partial charge in [-0.3, -0.25) is 14.6 Å². The van der Waals surface area contributed by atoms with Crippen LogP contribution in [0, 0.1) is 5.92 Å². The van der Waals surface area contributed by atoms with Crippen LogP contribution < -0.4 is 21.0 Å². The fraction of sp³-hybridized carbons (Fsp3) is 0.300. The average molecular weight is 368 g/mol. The van der Waals surface area contributed by atoms with E-state index in [0.717, 1.165) is 17.0 Å². The predicted molar refractivity (Wildman–Crippen MR) is 103 cm³/mol. The van der Waals surface area contributed by atoms with Gasteiger partial charge in [0.15, 0.2) is 0 Å². The summed E-state index contributed by atoms with van der Waals surface area (Å²) in [6.07, 6.45) is 0. The fourth-order valence-corrected chi connectivity index (χ4v) is 2.87. The van der Waals surface area contributed by atoms with Gasteiger partial charge in [-0.25, -0.2) is 5.01 Å². The normalized spacial score (nSPS) is 13.7. The van der Waals surface area contributed by atoms with E-state index in [1.54, 1.807) is 12.1 Å². The van der Waals surface area contributed by atoms with Crippen molar-refractivity contribution in [2.75, 3.05) is 18.2 Å². The zero-order chi connectivity index (χ0) is 19.4. The molecule has 0 saturated carbocycles. The molecule has 0 bridgehead atoms. The number of rotatable bonds is 7. The average Bonchev–Trinajstić information content (AvgIpc) is 2.64. The monoisotopic (exact) mass is 368 g/mol. The van der Waals surface area contributed by atoms with Gasteiger partial charge in [-0.2, -0.15) is 0 Å². The van der Waals surface area contributed by atoms with Crippen LogP contribution in [0.5, 0.6) is 5.75 Å². The Morgan fingerprint density at radius 1 is 1.11 bits per heavy atom. The SMILES string of the molecule is CC(C)COc1ccccc1CN1NN(CC(N)=O)C(=O)c2ccccc21. The van der Waals surface area contributed by atoms with E-state index in [1.165, 1.54) is 5.01 Å². The Morgan fingerprint density at radius 2 is 1.81 bits per heavy atom. The molecule has 0 spiro atoms. The van der Waals surface area contributed by atoms with Crippen LogP contribution in [0.25, 0.3) is 0 Å². The lowest BCUT2D eigenvalue weighted by Gasteiger charge is -2.38. The fourth-order valence-electron chi connectivity index (χ4n) is 2.87. The van der Waals surface area contributed by atoms with Crippen molar-refractivity contribution >= 4 is 17.5 Å². The molecule has 1 aliphatic rings. The summed E-state index contributed by atoms with van der Waals surface area (Å²) < 4.78 is 5.93. The predicted octanol–water partition coefficient (Wildman–Crippen LogP) is 2.09. The first-order chi connectivity index (χ1) is 13.0. The van der Waals surface area contributed by atoms with Gasteiger partial charge < -0.3 is 10.5 Å². The van der Waals surface area contributed by atoms with E-state index in [0.29, 0.717) is 24.6 Å². The summed E-state index contributed by atoms with van der Waals surface area (Å²) in [7, 11) is 0. The lowest BCUT2D eigenvalue weighted by atomic mass is 10.1. The lowest BCUT2D eigenvalue weighted by Crippen LogP contribution is -2.58. The molecule has 2 aromatic rings. The van der Waals surface area contributed by atoms with Crippen molar-refractivity contribution in [3.05, 3.63) is 59.7 Å². The van der Waals surface area contributed by atoms with E-state index in [9.17, 15) is 9.59 Å². The summed E-state index contributed by atoms with van der Waals surface area (Å²) >= 11 is 0. The second-order valence-electron chi connectivity index (χ2n) is 6.87. The second-order valence-corrected chi connectivity index (χ2v) is 6.87. The van der Waals surface area contributed by atoms with E-state index in [4.69, 9.17) is 10.5 Å². The Balaban J connectivity index is 1.89. The highest BCUT2D eigenvalue weighted by molar-refractivity contribution is 6.02. The minimum Gasteiger partial charge on any atom is -0.493 e. The number of primary amides is 1. The van der Waals surface area contributed by atoms with Crippen molar-refractivity contribution in [1.29, 1.82) is 0 Å². The molecule has 7 heteroatoms. The van der Waals surface area contributed by atoms with Gasteiger partial charge in [0.25, 0.3) is 5.91 Å². The molecule has 2 aromatic carbocycles. The smallest absolute Gasteiger partial charge is 0.272 e. The van der Waals surface area contributed by atoms with Crippen LogP contribution >= 0.6 is 0 Å². The minimum atomic E-state index is -0.587. The third-order valence-electron chi connectivity index (χ3n) is 4.10. The van der Waals surface area contributed by atoms with Crippen LogP contribution in [-0.4, -0.2) is 30.0 Å². The molecule has 0 radical (unpaired) electrons. The molecule has 2 amide bonds. The number of carbonyl (C=O) groups is 2. The van der Waals surface area contributed by atoms with Gasteiger partial charge in [-0.15, -0.1) is 5.53 Å². The molecule has 0 fully saturated rings. The number of para-hydroxylation sites is 2. The van der Waals surface area contributed by atoms with Gasteiger partial charge in [0.1, 0.15) is 12.3 Å². The number of benzene rings is 2. The van der Waals surface area contributed by atoms with E-state index in [2.05, 4.69) is 19.4 Å². The highest BCUT2D eigenvalue weighted by Crippen LogP contribution is 2.28. The number of hydrogen-bond donors (Lipinski definition) is 2. The summed E-state index contributed by atoms with van der Waals surface area (Å²) in [6, 6.07) is 15.0. The van der Waals surface area contributed by atoms with E-state index >= 15 is 0 Å². The number of amides is 2. The highest BCUT2D eigenvalue weighted by Gasteiger charge is 2.30. The minimum absolute atomic E-state index is 0.213. The van der Waals surface area contributed by atoms with E-state index in [-0.39, 0.29) is 12.5 Å². The van der Waals surface area contributed by atoms with Crippen molar-refractivity contribution in [3.8, 4) is 5.75 Å². The van der Waals surface area contributed by atoms with E-state index < -0.39 is 5.91 Å². The highest BCUT2D eigenvalue weighted by atomic mass is 16.5. The Morgan fingerprint density at radius 3 is 2.56 bits per heavy atom. The maximum absolute atomic E-state index is 12.6. The number of nitrogens with two attached hydrogens (primary N) is 1. The summed E-state index contributed by atoms with van der Waals surface area (Å²) in [5.41, 5.74) is 10.5. The number of carbonyl (C=O) groups excluding carboxylic acids is 2. The maximum atomic E-state index is 12.6. The van der Waals surface area contributed by atoms with Crippen molar-refractivity contribution in [3.63, 3.8) is 0 Å². The molecule has 1 aliphatic heterocycles. The molecule has 0 saturated heterocycles. The van der Waals surface area contributed by atoms with Crippen molar-refractivity contribution < 1.29 is 14.3 Å². The van der Waals surface area contributed by atoms with Crippen LogP contribution in [0.15, 0.2) is 48.5 Å². The molecule has 7 nitrogen and oxygen atoms in total. The molecular weight excluding hydrogens is 344 g/mol. The number of fused-ring (bicyclic) bond motifs is 1. The Bertz CT molecular complexity index is 837. The Hall–Kier alpha value is -3.06. The first-order valence-electron chi connectivity index (χ1n) is 8.89. The standard InChI is InChI=1S/C20H24N4O3/c1-14(2)13-27-18-10-6-3-7-15(18)11-23-17-9-5-4-8-16(17)20(26)24(22-23)12-19(21)25/h3-10,14,22H,11-13H2,1-2H3,(H2,21,25). The topological polar surface area (TPSA) is 87.9 Å². The first-order valence-corrected chi connectivity index (χ1v) is 8.89. The zero-order valence-electron chi connectivity index (χ0n) is 15.5. The lowest BCUT2D eigenvalue weighted by molar-refractivity contribution is -0.119. The number of hydrogen-bond acceptors (Lipinski definition) is 5. The summed E-state index contributed by atoms with van der Waals surface area (Å²) in [5, 5.41) is 3.04. The number of nitrogens with one attached hydrogen (secondary N) is 1. The van der Waals surface area contributed by atoms with Crippen molar-refractivity contribution in [2.24, 2.45) is 11.7 Å². The molecule has 3 rings (SSSR count). The van der Waals surface area contributed by atoms with Crippen LogP contribution in [-0.2, 0) is 11.3 Å². The van der Waals surface area contributed by atoms with Crippen LogP contribution in [0.1, 0.15) is 29.8 Å². The Kier molecular flexibility index (Phi) is 5.61. The van der Waals surface area contributed by atoms with Gasteiger partial charge in [0, 0.05) is 5.56 Å². The van der Waals surface area contributed by atoms with Crippen LogP contribution in [0.2, 0.25) is 0 Å². The molecule has 0 aliphatic carbocycles. The molecule has 0 aromatic heterocycles. The van der Waals surface area contributed by atoms with Gasteiger partial charge >= 0.3 is 0 Å². The molecular formula is C20H24N4O3. The zero-order valence-corrected chi connectivity index (χ0v) is 15.5. The number of nitrogens with zero attached hydrogens (tertiary/aromatic N) is 2. The Labute approximate surface area is 158 Å². The first kappa shape index (κ1) is 18.7. The number of hydrazine groups is 2. The summed E-state index contributed by atoms with van der Waals surface area (Å²) in [5.74, 6) is 0.334. The van der Waals surface area contributed by atoms with Crippen molar-refractivity contribution in [1.82, 2.24) is 10.5 Å². The van der Waals surface area contributed by atoms with Gasteiger partial charge in [0.2, 0.25) is 5.91 Å². The third-order valence-corrected chi connectivity index (χ3v) is 4.10. The maximum Gasteiger partial charge on any atom is 0.272 e. The molecule has 0 unspecified atom stereocenters. The molecule has 3 N–H and O–H groups in total. The quantitative estimate of drug-likeness (QED) is 0.781. The van der Waals surface area contributed by atoms with Crippen LogP contribution in [0.4, 0.5) is 5.69 Å². The van der Waals surface area contributed by atoms with Crippen LogP contribution in [0.3, 0.4) is 0 Å².